The van der Waals surface area contributed by atoms with Crippen LogP contribution in [0.4, 0.5) is 0 Å². The lowest BCUT2D eigenvalue weighted by atomic mass is 9.89. The van der Waals surface area contributed by atoms with Crippen molar-refractivity contribution in [3.8, 4) is 0 Å². The highest BCUT2D eigenvalue weighted by atomic mass is 16.5. The van der Waals surface area contributed by atoms with Crippen molar-refractivity contribution in [1.29, 1.82) is 0 Å². The molecule has 3 fully saturated rings. The monoisotopic (exact) mass is 356 g/mol. The highest BCUT2D eigenvalue weighted by Gasteiger charge is 2.41. The van der Waals surface area contributed by atoms with Gasteiger partial charge in [0.2, 0.25) is 0 Å². The zero-order valence-corrected chi connectivity index (χ0v) is 16.1. The van der Waals surface area contributed by atoms with Crippen molar-refractivity contribution in [2.45, 2.75) is 57.3 Å². The van der Waals surface area contributed by atoms with Gasteiger partial charge in [-0.05, 0) is 31.2 Å². The van der Waals surface area contributed by atoms with E-state index in [-0.39, 0.29) is 5.41 Å². The van der Waals surface area contributed by atoms with E-state index in [1.54, 1.807) is 0 Å². The molecule has 0 amide bonds. The molecule has 0 radical (unpaired) electrons. The summed E-state index contributed by atoms with van der Waals surface area (Å²) < 4.78 is 5.34. The molecule has 3 saturated heterocycles. The van der Waals surface area contributed by atoms with Gasteiger partial charge in [-0.15, -0.1) is 0 Å². The molecule has 3 aliphatic heterocycles. The van der Waals surface area contributed by atoms with Crippen LogP contribution in [0.15, 0.2) is 35.3 Å². The Balaban J connectivity index is 1.30. The first-order valence-electron chi connectivity index (χ1n) is 10.00. The van der Waals surface area contributed by atoms with Crippen LogP contribution in [0.1, 0.15) is 38.2 Å². The molecule has 0 aliphatic carbocycles. The minimum absolute atomic E-state index is 0.260. The number of nitrogens with one attached hydrogen (secondary N) is 2. The number of benzene rings is 1. The van der Waals surface area contributed by atoms with Crippen molar-refractivity contribution in [1.82, 2.24) is 15.5 Å². The number of fused-ring (bicyclic) bond motifs is 2. The molecule has 0 spiro atoms. The topological polar surface area (TPSA) is 48.9 Å². The standard InChI is InChI=1S/C21H32N4O/c1-21(14-26-15-21)13-23-20(22-2)24-17-10-18-8-9-19(11-17)25(18)12-16-6-4-3-5-7-16/h3-7,17-19H,8-15H2,1-2H3,(H2,22,23,24). The predicted octanol–water partition coefficient (Wildman–Crippen LogP) is 2.38. The second-order valence-corrected chi connectivity index (χ2v) is 8.58. The van der Waals surface area contributed by atoms with Crippen LogP contribution in [-0.2, 0) is 11.3 Å². The third kappa shape index (κ3) is 3.89. The Kier molecular flexibility index (Phi) is 5.18. The van der Waals surface area contributed by atoms with Gasteiger partial charge in [-0.2, -0.15) is 0 Å². The van der Waals surface area contributed by atoms with Crippen molar-refractivity contribution in [3.63, 3.8) is 0 Å². The number of rotatable bonds is 5. The van der Waals surface area contributed by atoms with Crippen LogP contribution in [0.5, 0.6) is 0 Å². The Bertz CT molecular complexity index is 614. The van der Waals surface area contributed by atoms with E-state index in [2.05, 4.69) is 57.8 Å². The van der Waals surface area contributed by atoms with Crippen LogP contribution in [0.3, 0.4) is 0 Å². The molecule has 5 nitrogen and oxygen atoms in total. The summed E-state index contributed by atoms with van der Waals surface area (Å²) >= 11 is 0. The van der Waals surface area contributed by atoms with E-state index in [0.29, 0.717) is 18.1 Å². The van der Waals surface area contributed by atoms with Crippen molar-refractivity contribution >= 4 is 5.96 Å². The lowest BCUT2D eigenvalue weighted by Gasteiger charge is -2.41. The van der Waals surface area contributed by atoms with Gasteiger partial charge in [0, 0.05) is 43.7 Å². The summed E-state index contributed by atoms with van der Waals surface area (Å²) in [5, 5.41) is 7.19. The molecular formula is C21H32N4O. The molecular weight excluding hydrogens is 324 g/mol. The SMILES string of the molecule is CN=C(NCC1(C)COC1)NC1CC2CCC(C1)N2Cc1ccccc1. The average molecular weight is 357 g/mol. The number of ether oxygens (including phenoxy) is 1. The van der Waals surface area contributed by atoms with Gasteiger partial charge in [0.05, 0.1) is 13.2 Å². The predicted molar refractivity (Wildman–Crippen MR) is 105 cm³/mol. The first-order chi connectivity index (χ1) is 12.6. The third-order valence-corrected chi connectivity index (χ3v) is 6.24. The maximum atomic E-state index is 5.34. The van der Waals surface area contributed by atoms with Crippen LogP contribution in [-0.4, -0.2) is 55.8 Å². The quantitative estimate of drug-likeness (QED) is 0.628. The molecule has 3 aliphatic rings. The first kappa shape index (κ1) is 17.8. The summed E-state index contributed by atoms with van der Waals surface area (Å²) in [7, 11) is 1.87. The average Bonchev–Trinajstić information content (AvgIpc) is 2.87. The number of aliphatic imine (C=N–C) groups is 1. The van der Waals surface area contributed by atoms with Crippen LogP contribution < -0.4 is 10.6 Å². The minimum atomic E-state index is 0.260. The Morgan fingerprint density at radius 3 is 2.46 bits per heavy atom. The molecule has 2 bridgehead atoms. The van der Waals surface area contributed by atoms with Crippen LogP contribution in [0.25, 0.3) is 0 Å². The highest BCUT2D eigenvalue weighted by Crippen LogP contribution is 2.36. The van der Waals surface area contributed by atoms with E-state index >= 15 is 0 Å². The molecule has 1 aromatic carbocycles. The summed E-state index contributed by atoms with van der Waals surface area (Å²) in [4.78, 5) is 7.17. The van der Waals surface area contributed by atoms with Gasteiger partial charge < -0.3 is 15.4 Å². The van der Waals surface area contributed by atoms with E-state index in [0.717, 1.165) is 32.3 Å². The largest absolute Gasteiger partial charge is 0.380 e. The van der Waals surface area contributed by atoms with Gasteiger partial charge >= 0.3 is 0 Å². The van der Waals surface area contributed by atoms with E-state index in [1.165, 1.54) is 31.2 Å². The van der Waals surface area contributed by atoms with E-state index < -0.39 is 0 Å². The van der Waals surface area contributed by atoms with Gasteiger partial charge in [0.25, 0.3) is 0 Å². The third-order valence-electron chi connectivity index (χ3n) is 6.24. The van der Waals surface area contributed by atoms with E-state index in [9.17, 15) is 0 Å². The zero-order chi connectivity index (χ0) is 18.0. The molecule has 2 atom stereocenters. The molecule has 26 heavy (non-hydrogen) atoms. The van der Waals surface area contributed by atoms with Crippen molar-refractivity contribution in [2.75, 3.05) is 26.8 Å². The van der Waals surface area contributed by atoms with Crippen LogP contribution in [0.2, 0.25) is 0 Å². The summed E-state index contributed by atoms with van der Waals surface area (Å²) in [6.07, 6.45) is 5.09. The fraction of sp³-hybridized carbons (Fsp3) is 0.667. The number of piperidine rings is 1. The van der Waals surface area contributed by atoms with Gasteiger partial charge in [-0.1, -0.05) is 37.3 Å². The van der Waals surface area contributed by atoms with Crippen LogP contribution in [0, 0.1) is 5.41 Å². The Morgan fingerprint density at radius 1 is 1.19 bits per heavy atom. The molecule has 4 rings (SSSR count). The summed E-state index contributed by atoms with van der Waals surface area (Å²) in [6.45, 7) is 5.97. The van der Waals surface area contributed by atoms with E-state index in [1.807, 2.05) is 7.05 Å². The second kappa shape index (κ2) is 7.57. The minimum Gasteiger partial charge on any atom is -0.380 e. The Hall–Kier alpha value is -1.59. The highest BCUT2D eigenvalue weighted by molar-refractivity contribution is 5.80. The smallest absolute Gasteiger partial charge is 0.191 e. The number of hydrogen-bond acceptors (Lipinski definition) is 3. The molecule has 0 aromatic heterocycles. The zero-order valence-electron chi connectivity index (χ0n) is 16.1. The summed E-state index contributed by atoms with van der Waals surface area (Å²) in [5.74, 6) is 0.944. The maximum absolute atomic E-state index is 5.34. The molecule has 1 aromatic rings. The first-order valence-corrected chi connectivity index (χ1v) is 10.00. The molecule has 142 valence electrons. The number of hydrogen-bond donors (Lipinski definition) is 2. The molecule has 3 heterocycles. The lowest BCUT2D eigenvalue weighted by molar-refractivity contribution is -0.0971. The molecule has 0 saturated carbocycles. The summed E-state index contributed by atoms with van der Waals surface area (Å²) in [6, 6.07) is 12.8. The summed E-state index contributed by atoms with van der Waals surface area (Å²) in [5.41, 5.74) is 1.69. The Labute approximate surface area is 157 Å². The van der Waals surface area contributed by atoms with Crippen molar-refractivity contribution < 1.29 is 4.74 Å². The fourth-order valence-electron chi connectivity index (χ4n) is 4.68. The molecule has 5 heteroatoms. The van der Waals surface area contributed by atoms with Gasteiger partial charge in [0.1, 0.15) is 0 Å². The Morgan fingerprint density at radius 2 is 1.88 bits per heavy atom. The van der Waals surface area contributed by atoms with Gasteiger partial charge in [-0.3, -0.25) is 9.89 Å². The second-order valence-electron chi connectivity index (χ2n) is 8.58. The maximum Gasteiger partial charge on any atom is 0.191 e. The fourth-order valence-corrected chi connectivity index (χ4v) is 4.68. The van der Waals surface area contributed by atoms with Gasteiger partial charge in [0.15, 0.2) is 5.96 Å². The van der Waals surface area contributed by atoms with E-state index in [4.69, 9.17) is 4.74 Å². The van der Waals surface area contributed by atoms with Crippen molar-refractivity contribution in [2.24, 2.45) is 10.4 Å². The number of guanidine groups is 1. The van der Waals surface area contributed by atoms with Crippen molar-refractivity contribution in [3.05, 3.63) is 35.9 Å². The lowest BCUT2D eigenvalue weighted by Crippen LogP contribution is -2.55. The van der Waals surface area contributed by atoms with Gasteiger partial charge in [-0.25, -0.2) is 0 Å². The molecule has 2 N–H and O–H groups in total. The normalized spacial score (nSPS) is 30.7. The number of nitrogens with zero attached hydrogens (tertiary/aromatic N) is 2. The van der Waals surface area contributed by atoms with Crippen LogP contribution >= 0.6 is 0 Å². The molecule has 2 unspecified atom stereocenters.